The molecule has 2 rings (SSSR count). The van der Waals surface area contributed by atoms with Gasteiger partial charge in [-0.1, -0.05) is 7.43 Å². The Labute approximate surface area is 86.9 Å². The van der Waals surface area contributed by atoms with Crippen LogP contribution >= 0.6 is 0 Å². The zero-order valence-corrected chi connectivity index (χ0v) is 8.31. The van der Waals surface area contributed by atoms with Gasteiger partial charge in [-0.15, -0.1) is 0 Å². The van der Waals surface area contributed by atoms with Gasteiger partial charge in [-0.25, -0.2) is 0 Å². The van der Waals surface area contributed by atoms with E-state index in [4.69, 9.17) is 0 Å². The number of nitrogens with one attached hydrogen (secondary N) is 1. The Morgan fingerprint density at radius 2 is 1.93 bits per heavy atom. The smallest absolute Gasteiger partial charge is 0.222 e. The van der Waals surface area contributed by atoms with Gasteiger partial charge in [-0.05, 0) is 37.8 Å². The molecule has 1 amide bonds. The van der Waals surface area contributed by atoms with Crippen molar-refractivity contribution in [1.29, 1.82) is 0 Å². The number of piperidine rings is 2. The highest BCUT2D eigenvalue weighted by molar-refractivity contribution is 5.77. The molecule has 0 saturated carbocycles. The second kappa shape index (κ2) is 4.30. The topological polar surface area (TPSA) is 32.3 Å². The second-order valence-electron chi connectivity index (χ2n) is 4.49. The minimum absolute atomic E-state index is 0. The van der Waals surface area contributed by atoms with E-state index in [9.17, 15) is 4.79 Å². The summed E-state index contributed by atoms with van der Waals surface area (Å²) in [6.07, 6.45) is 4.36. The van der Waals surface area contributed by atoms with Crippen molar-refractivity contribution in [2.75, 3.05) is 26.7 Å². The first-order chi connectivity index (χ1) is 6.22. The van der Waals surface area contributed by atoms with Crippen LogP contribution in [0.4, 0.5) is 0 Å². The fourth-order valence-corrected chi connectivity index (χ4v) is 2.46. The summed E-state index contributed by atoms with van der Waals surface area (Å²) < 4.78 is 0. The number of likely N-dealkylation sites (tertiary alicyclic amines) is 1. The predicted octanol–water partition coefficient (Wildman–Crippen LogP) is 1.24. The van der Waals surface area contributed by atoms with E-state index >= 15 is 0 Å². The van der Waals surface area contributed by atoms with Crippen molar-refractivity contribution in [3.05, 3.63) is 0 Å². The van der Waals surface area contributed by atoms with Gasteiger partial charge >= 0.3 is 0 Å². The monoisotopic (exact) mass is 198 g/mol. The lowest BCUT2D eigenvalue weighted by atomic mass is 9.71. The molecule has 0 bridgehead atoms. The molecule has 2 heterocycles. The molecule has 3 heteroatoms. The predicted molar refractivity (Wildman–Crippen MR) is 58.1 cm³/mol. The van der Waals surface area contributed by atoms with Gasteiger partial charge in [0.05, 0.1) is 0 Å². The number of nitrogens with zero attached hydrogens (tertiary/aromatic N) is 1. The number of hydrogen-bond acceptors (Lipinski definition) is 2. The average Bonchev–Trinajstić information content (AvgIpc) is 2.14. The van der Waals surface area contributed by atoms with Gasteiger partial charge in [0.1, 0.15) is 0 Å². The van der Waals surface area contributed by atoms with Gasteiger partial charge < -0.3 is 10.2 Å². The lowest BCUT2D eigenvalue weighted by molar-refractivity contribution is -0.137. The maximum absolute atomic E-state index is 11.6. The summed E-state index contributed by atoms with van der Waals surface area (Å²) in [5.41, 5.74) is 0.356. The fourth-order valence-electron chi connectivity index (χ4n) is 2.46. The number of carbonyl (C=O) groups excluding carboxylic acids is 1. The third-order valence-electron chi connectivity index (χ3n) is 3.59. The normalized spacial score (nSPS) is 26.1. The summed E-state index contributed by atoms with van der Waals surface area (Å²) in [6.45, 7) is 3.15. The third-order valence-corrected chi connectivity index (χ3v) is 3.59. The average molecular weight is 198 g/mol. The first-order valence-electron chi connectivity index (χ1n) is 5.17. The largest absolute Gasteiger partial charge is 0.346 e. The van der Waals surface area contributed by atoms with Gasteiger partial charge in [0.25, 0.3) is 0 Å². The Morgan fingerprint density at radius 1 is 1.29 bits per heavy atom. The maximum atomic E-state index is 11.6. The lowest BCUT2D eigenvalue weighted by Crippen LogP contribution is -2.46. The molecule has 0 aromatic rings. The van der Waals surface area contributed by atoms with Gasteiger partial charge in [-0.3, -0.25) is 4.79 Å². The van der Waals surface area contributed by atoms with Crippen LogP contribution in [0.2, 0.25) is 0 Å². The molecule has 82 valence electrons. The Kier molecular flexibility index (Phi) is 3.53. The molecule has 0 aromatic heterocycles. The summed E-state index contributed by atoms with van der Waals surface area (Å²) in [5.74, 6) is 0.341. The Hall–Kier alpha value is -0.570. The van der Waals surface area contributed by atoms with Crippen LogP contribution in [0.5, 0.6) is 0 Å². The Balaban J connectivity index is 0.000000980. The summed E-state index contributed by atoms with van der Waals surface area (Å²) in [7, 11) is 1.91. The van der Waals surface area contributed by atoms with Gasteiger partial charge in [0, 0.05) is 20.0 Å². The number of rotatable bonds is 0. The van der Waals surface area contributed by atoms with Crippen LogP contribution in [-0.2, 0) is 4.79 Å². The van der Waals surface area contributed by atoms with E-state index in [2.05, 4.69) is 5.32 Å². The van der Waals surface area contributed by atoms with Crippen molar-refractivity contribution < 1.29 is 4.79 Å². The first-order valence-corrected chi connectivity index (χ1v) is 5.17. The molecule has 0 aliphatic carbocycles. The Bertz CT molecular complexity index is 209. The molecule has 1 spiro atoms. The third kappa shape index (κ3) is 2.08. The molecular formula is C11H22N2O. The molecule has 0 unspecified atom stereocenters. The number of carbonyl (C=O) groups is 1. The van der Waals surface area contributed by atoms with Crippen LogP contribution in [0.3, 0.4) is 0 Å². The van der Waals surface area contributed by atoms with Crippen molar-refractivity contribution in [3.8, 4) is 0 Å². The Morgan fingerprint density at radius 3 is 2.50 bits per heavy atom. The van der Waals surface area contributed by atoms with Gasteiger partial charge in [-0.2, -0.15) is 0 Å². The van der Waals surface area contributed by atoms with Crippen molar-refractivity contribution in [2.45, 2.75) is 33.1 Å². The SMILES string of the molecule is C.CN1CCC2(CCNCC2)CC1=O. The van der Waals surface area contributed by atoms with Crippen LogP contribution < -0.4 is 5.32 Å². The summed E-state index contributed by atoms with van der Waals surface area (Å²) in [4.78, 5) is 13.4. The van der Waals surface area contributed by atoms with E-state index in [1.165, 1.54) is 19.3 Å². The summed E-state index contributed by atoms with van der Waals surface area (Å²) >= 11 is 0. The van der Waals surface area contributed by atoms with E-state index < -0.39 is 0 Å². The van der Waals surface area contributed by atoms with Crippen molar-refractivity contribution in [1.82, 2.24) is 10.2 Å². The van der Waals surface area contributed by atoms with Crippen molar-refractivity contribution >= 4 is 5.91 Å². The molecule has 2 saturated heterocycles. The van der Waals surface area contributed by atoms with Crippen molar-refractivity contribution in [2.24, 2.45) is 5.41 Å². The summed E-state index contributed by atoms with van der Waals surface area (Å²) in [5, 5.41) is 3.36. The first kappa shape index (κ1) is 11.5. The molecule has 2 aliphatic heterocycles. The highest BCUT2D eigenvalue weighted by atomic mass is 16.2. The molecule has 3 nitrogen and oxygen atoms in total. The molecular weight excluding hydrogens is 176 g/mol. The van der Waals surface area contributed by atoms with E-state index in [1.54, 1.807) is 0 Å². The zero-order valence-electron chi connectivity index (χ0n) is 8.31. The fraction of sp³-hybridized carbons (Fsp3) is 0.909. The summed E-state index contributed by atoms with van der Waals surface area (Å²) in [6, 6.07) is 0. The van der Waals surface area contributed by atoms with Crippen LogP contribution in [-0.4, -0.2) is 37.5 Å². The van der Waals surface area contributed by atoms with Crippen LogP contribution in [0.15, 0.2) is 0 Å². The molecule has 2 aliphatic rings. The van der Waals surface area contributed by atoms with E-state index in [1.807, 2.05) is 11.9 Å². The molecule has 0 radical (unpaired) electrons. The zero-order chi connectivity index (χ0) is 9.31. The van der Waals surface area contributed by atoms with Crippen molar-refractivity contribution in [3.63, 3.8) is 0 Å². The molecule has 14 heavy (non-hydrogen) atoms. The molecule has 1 N–H and O–H groups in total. The van der Waals surface area contributed by atoms with E-state index in [0.29, 0.717) is 11.3 Å². The minimum Gasteiger partial charge on any atom is -0.346 e. The van der Waals surface area contributed by atoms with Crippen LogP contribution in [0, 0.1) is 5.41 Å². The standard InChI is InChI=1S/C10H18N2O.CH4/c1-12-7-4-10(8-9(12)13)2-5-11-6-3-10;/h11H,2-8H2,1H3;1H4. The molecule has 0 atom stereocenters. The number of amides is 1. The van der Waals surface area contributed by atoms with E-state index in [-0.39, 0.29) is 7.43 Å². The molecule has 0 aromatic carbocycles. The quantitative estimate of drug-likeness (QED) is 0.635. The highest BCUT2D eigenvalue weighted by Crippen LogP contribution is 2.39. The highest BCUT2D eigenvalue weighted by Gasteiger charge is 2.38. The minimum atomic E-state index is 0. The van der Waals surface area contributed by atoms with Crippen LogP contribution in [0.1, 0.15) is 33.1 Å². The van der Waals surface area contributed by atoms with Crippen LogP contribution in [0.25, 0.3) is 0 Å². The lowest BCUT2D eigenvalue weighted by Gasteiger charge is -2.42. The maximum Gasteiger partial charge on any atom is 0.222 e. The van der Waals surface area contributed by atoms with Gasteiger partial charge in [0.15, 0.2) is 0 Å². The number of hydrogen-bond donors (Lipinski definition) is 1. The molecule has 2 fully saturated rings. The van der Waals surface area contributed by atoms with E-state index in [0.717, 1.165) is 26.1 Å². The second-order valence-corrected chi connectivity index (χ2v) is 4.49. The van der Waals surface area contributed by atoms with Gasteiger partial charge in [0.2, 0.25) is 5.91 Å².